The van der Waals surface area contributed by atoms with E-state index in [-0.39, 0.29) is 11.3 Å². The minimum atomic E-state index is -0.124. The minimum absolute atomic E-state index is 0.124. The molecule has 1 unspecified atom stereocenters. The summed E-state index contributed by atoms with van der Waals surface area (Å²) in [6.45, 7) is 8.12. The molecule has 0 radical (unpaired) electrons. The molecule has 0 aromatic heterocycles. The number of ketones is 1. The molecule has 1 saturated heterocycles. The molecule has 0 aliphatic carbocycles. The molecule has 1 fully saturated rings. The van der Waals surface area contributed by atoms with Gasteiger partial charge in [-0.2, -0.15) is 0 Å². The van der Waals surface area contributed by atoms with Gasteiger partial charge < -0.3 is 4.48 Å². The van der Waals surface area contributed by atoms with Crippen LogP contribution in [0.1, 0.15) is 20.8 Å². The van der Waals surface area contributed by atoms with E-state index in [1.807, 2.05) is 6.92 Å². The molecular formula is C10H20NO+. The third-order valence-corrected chi connectivity index (χ3v) is 2.71. The molecule has 1 rings (SSSR count). The van der Waals surface area contributed by atoms with E-state index in [9.17, 15) is 4.79 Å². The van der Waals surface area contributed by atoms with Gasteiger partial charge >= 0.3 is 0 Å². The number of quaternary nitrogens is 1. The summed E-state index contributed by atoms with van der Waals surface area (Å²) >= 11 is 0. The number of carbonyl (C=O) groups is 1. The second-order valence-electron chi connectivity index (χ2n) is 5.43. The summed E-state index contributed by atoms with van der Waals surface area (Å²) in [6, 6.07) is 0. The number of nitrogens with zero attached hydrogens (tertiary/aromatic N) is 1. The molecule has 0 spiro atoms. The maximum atomic E-state index is 11.7. The highest BCUT2D eigenvalue weighted by Crippen LogP contribution is 2.30. The molecule has 0 bridgehead atoms. The predicted octanol–water partition coefficient (Wildman–Crippen LogP) is 1.31. The van der Waals surface area contributed by atoms with Gasteiger partial charge in [-0.15, -0.1) is 0 Å². The van der Waals surface area contributed by atoms with Gasteiger partial charge in [0.1, 0.15) is 0 Å². The Bertz CT molecular complexity index is 206. The van der Waals surface area contributed by atoms with Gasteiger partial charge in [0.2, 0.25) is 0 Å². The van der Waals surface area contributed by atoms with Gasteiger partial charge in [0, 0.05) is 0 Å². The summed E-state index contributed by atoms with van der Waals surface area (Å²) in [6.07, 6.45) is 0. The Hall–Kier alpha value is -0.370. The molecule has 1 atom stereocenters. The van der Waals surface area contributed by atoms with E-state index in [2.05, 4.69) is 27.9 Å². The first-order valence-corrected chi connectivity index (χ1v) is 4.61. The zero-order valence-electron chi connectivity index (χ0n) is 8.85. The van der Waals surface area contributed by atoms with Crippen LogP contribution in [0.25, 0.3) is 0 Å². The van der Waals surface area contributed by atoms with E-state index in [1.54, 1.807) is 0 Å². The first-order chi connectivity index (χ1) is 5.25. The Morgan fingerprint density at radius 3 is 2.33 bits per heavy atom. The molecule has 1 aliphatic rings. The SMILES string of the molecule is CC1C[N+](C)(C)CC(C)(C)C1=O. The quantitative estimate of drug-likeness (QED) is 0.501. The highest BCUT2D eigenvalue weighted by atomic mass is 16.1. The summed E-state index contributed by atoms with van der Waals surface area (Å²) in [5.74, 6) is 0.656. The number of hydrogen-bond donors (Lipinski definition) is 0. The van der Waals surface area contributed by atoms with Gasteiger partial charge in [0.25, 0.3) is 0 Å². The van der Waals surface area contributed by atoms with Crippen molar-refractivity contribution < 1.29 is 9.28 Å². The lowest BCUT2D eigenvalue weighted by Crippen LogP contribution is -2.58. The molecule has 1 aliphatic heterocycles. The first-order valence-electron chi connectivity index (χ1n) is 4.61. The van der Waals surface area contributed by atoms with Crippen LogP contribution in [-0.2, 0) is 4.79 Å². The van der Waals surface area contributed by atoms with Crippen LogP contribution in [0.5, 0.6) is 0 Å². The van der Waals surface area contributed by atoms with Crippen LogP contribution in [0.15, 0.2) is 0 Å². The van der Waals surface area contributed by atoms with E-state index in [0.717, 1.165) is 17.6 Å². The average molecular weight is 170 g/mol. The molecule has 70 valence electrons. The molecule has 1 heterocycles. The molecule has 0 aromatic rings. The molecular weight excluding hydrogens is 150 g/mol. The van der Waals surface area contributed by atoms with Crippen molar-refractivity contribution in [2.45, 2.75) is 20.8 Å². The second kappa shape index (κ2) is 2.56. The van der Waals surface area contributed by atoms with Crippen molar-refractivity contribution in [1.29, 1.82) is 0 Å². The fraction of sp³-hybridized carbons (Fsp3) is 0.900. The average Bonchev–Trinajstić information content (AvgIpc) is 1.79. The molecule has 0 saturated carbocycles. The first kappa shape index (κ1) is 9.72. The molecule has 2 heteroatoms. The normalized spacial score (nSPS) is 33.4. The standard InChI is InChI=1S/C10H20NO/c1-8-6-11(4,5)7-10(2,3)9(8)12/h8H,6-7H2,1-5H3/q+1. The van der Waals surface area contributed by atoms with Crippen LogP contribution in [0.4, 0.5) is 0 Å². The monoisotopic (exact) mass is 170 g/mol. The Morgan fingerprint density at radius 2 is 1.92 bits per heavy atom. The van der Waals surface area contributed by atoms with Crippen LogP contribution in [-0.4, -0.2) is 37.5 Å². The number of piperidine rings is 1. The molecule has 12 heavy (non-hydrogen) atoms. The highest BCUT2D eigenvalue weighted by molar-refractivity contribution is 5.86. The maximum absolute atomic E-state index is 11.7. The van der Waals surface area contributed by atoms with Crippen molar-refractivity contribution in [3.63, 3.8) is 0 Å². The summed E-state index contributed by atoms with van der Waals surface area (Å²) in [5.41, 5.74) is -0.124. The smallest absolute Gasteiger partial charge is 0.152 e. The topological polar surface area (TPSA) is 17.1 Å². The lowest BCUT2D eigenvalue weighted by Gasteiger charge is -2.43. The van der Waals surface area contributed by atoms with Crippen LogP contribution < -0.4 is 0 Å². The predicted molar refractivity (Wildman–Crippen MR) is 49.8 cm³/mol. The maximum Gasteiger partial charge on any atom is 0.152 e. The van der Waals surface area contributed by atoms with Gasteiger partial charge in [0.05, 0.1) is 38.5 Å². The number of likely N-dealkylation sites (tertiary alicyclic amines) is 1. The molecule has 0 amide bonds. The number of Topliss-reactive ketones (excluding diaryl/α,β-unsaturated/α-hetero) is 1. The van der Waals surface area contributed by atoms with E-state index in [0.29, 0.717) is 5.78 Å². The summed E-state index contributed by atoms with van der Waals surface area (Å²) in [7, 11) is 4.40. The van der Waals surface area contributed by atoms with Crippen molar-refractivity contribution in [1.82, 2.24) is 0 Å². The third kappa shape index (κ3) is 1.69. The number of hydrogen-bond acceptors (Lipinski definition) is 1. The molecule has 0 aromatic carbocycles. The lowest BCUT2D eigenvalue weighted by atomic mass is 9.77. The van der Waals surface area contributed by atoms with E-state index < -0.39 is 0 Å². The number of carbonyl (C=O) groups excluding carboxylic acids is 1. The number of rotatable bonds is 0. The Morgan fingerprint density at radius 1 is 1.42 bits per heavy atom. The molecule has 0 N–H and O–H groups in total. The van der Waals surface area contributed by atoms with Gasteiger partial charge in [-0.3, -0.25) is 4.79 Å². The van der Waals surface area contributed by atoms with Crippen molar-refractivity contribution in [2.24, 2.45) is 11.3 Å². The van der Waals surface area contributed by atoms with Crippen molar-refractivity contribution >= 4 is 5.78 Å². The summed E-state index contributed by atoms with van der Waals surface area (Å²) < 4.78 is 0.972. The summed E-state index contributed by atoms with van der Waals surface area (Å²) in [4.78, 5) is 11.7. The van der Waals surface area contributed by atoms with Crippen LogP contribution >= 0.6 is 0 Å². The fourth-order valence-electron chi connectivity index (χ4n) is 2.70. The van der Waals surface area contributed by atoms with Crippen molar-refractivity contribution in [3.8, 4) is 0 Å². The lowest BCUT2D eigenvalue weighted by molar-refractivity contribution is -0.900. The second-order valence-corrected chi connectivity index (χ2v) is 5.43. The Balaban J connectivity index is 2.87. The van der Waals surface area contributed by atoms with Crippen molar-refractivity contribution in [2.75, 3.05) is 27.2 Å². The summed E-state index contributed by atoms with van der Waals surface area (Å²) in [5, 5.41) is 0. The van der Waals surface area contributed by atoms with E-state index in [1.165, 1.54) is 0 Å². The van der Waals surface area contributed by atoms with Gasteiger partial charge in [-0.25, -0.2) is 0 Å². The van der Waals surface area contributed by atoms with Crippen LogP contribution in [0, 0.1) is 11.3 Å². The van der Waals surface area contributed by atoms with Gasteiger partial charge in [-0.05, 0) is 13.8 Å². The molecule has 2 nitrogen and oxygen atoms in total. The zero-order valence-corrected chi connectivity index (χ0v) is 8.85. The van der Waals surface area contributed by atoms with E-state index >= 15 is 0 Å². The van der Waals surface area contributed by atoms with Gasteiger partial charge in [0.15, 0.2) is 5.78 Å². The largest absolute Gasteiger partial charge is 0.327 e. The third-order valence-electron chi connectivity index (χ3n) is 2.71. The fourth-order valence-corrected chi connectivity index (χ4v) is 2.70. The van der Waals surface area contributed by atoms with Crippen molar-refractivity contribution in [3.05, 3.63) is 0 Å². The highest BCUT2D eigenvalue weighted by Gasteiger charge is 2.44. The Kier molecular flexibility index (Phi) is 2.07. The van der Waals surface area contributed by atoms with Gasteiger partial charge in [-0.1, -0.05) is 6.92 Å². The zero-order chi connectivity index (χ0) is 9.57. The van der Waals surface area contributed by atoms with Crippen LogP contribution in [0.2, 0.25) is 0 Å². The minimum Gasteiger partial charge on any atom is -0.327 e. The van der Waals surface area contributed by atoms with E-state index in [4.69, 9.17) is 0 Å². The van der Waals surface area contributed by atoms with Crippen LogP contribution in [0.3, 0.4) is 0 Å². The Labute approximate surface area is 75.1 Å².